The molecule has 0 amide bonds. The minimum absolute atomic E-state index is 0.0338. The smallest absolute Gasteiger partial charge is 0.335 e. The minimum Gasteiger partial charge on any atom is -0.461 e. The Morgan fingerprint density at radius 3 is 2.32 bits per heavy atom. The summed E-state index contributed by atoms with van der Waals surface area (Å²) in [5, 5.41) is 0.0722. The lowest BCUT2D eigenvalue weighted by Gasteiger charge is -2.37. The summed E-state index contributed by atoms with van der Waals surface area (Å²) in [5.41, 5.74) is 0. The van der Waals surface area contributed by atoms with Gasteiger partial charge in [-0.25, -0.2) is 9.18 Å². The molecule has 0 aliphatic carbocycles. The van der Waals surface area contributed by atoms with Gasteiger partial charge in [0.25, 0.3) is 0 Å². The molecule has 0 aliphatic rings. The minimum atomic E-state index is -1.93. The predicted octanol–water partition coefficient (Wildman–Crippen LogP) is 4.88. The fraction of sp³-hybridized carbons (Fsp3) is 0.524. The molecule has 0 saturated carbocycles. The summed E-state index contributed by atoms with van der Waals surface area (Å²) in [5.74, 6) is -1.49. The molecule has 0 saturated heterocycles. The van der Waals surface area contributed by atoms with E-state index in [2.05, 4.69) is 33.9 Å². The third-order valence-electron chi connectivity index (χ3n) is 4.89. The molecule has 5 nitrogen and oxygen atoms in total. The Kier molecular flexibility index (Phi) is 9.04. The summed E-state index contributed by atoms with van der Waals surface area (Å²) in [6.45, 7) is 12.9. The Balaban J connectivity index is 2.43. The van der Waals surface area contributed by atoms with Crippen LogP contribution in [0, 0.1) is 11.7 Å². The number of rotatable bonds is 9. The first-order valence-corrected chi connectivity index (χ1v) is 12.3. The van der Waals surface area contributed by atoms with Crippen molar-refractivity contribution in [2.24, 2.45) is 5.92 Å². The topological polar surface area (TPSA) is 61.8 Å². The maximum absolute atomic E-state index is 12.8. The largest absolute Gasteiger partial charge is 0.461 e. The fourth-order valence-electron chi connectivity index (χ4n) is 1.92. The third-order valence-corrected chi connectivity index (χ3v) is 9.39. The standard InChI is InChI=1S/C21H31FO5Si/c1-7-16(15-26-28(5,6)21(2,3)4)20(24)25-14-8-9-19(23)27-18-12-10-17(22)11-13-18/h8-13,16H,7,14-15H2,1-6H3/b9-8+/t16-/m1/s1. The van der Waals surface area contributed by atoms with Gasteiger partial charge in [-0.2, -0.15) is 0 Å². The van der Waals surface area contributed by atoms with Crippen LogP contribution in [-0.2, 0) is 18.8 Å². The van der Waals surface area contributed by atoms with Crippen molar-refractivity contribution in [2.75, 3.05) is 13.2 Å². The van der Waals surface area contributed by atoms with Crippen LogP contribution < -0.4 is 4.74 Å². The van der Waals surface area contributed by atoms with Gasteiger partial charge in [-0.1, -0.05) is 27.7 Å². The van der Waals surface area contributed by atoms with Gasteiger partial charge in [-0.05, 0) is 54.9 Å². The quantitative estimate of drug-likeness (QED) is 0.251. The van der Waals surface area contributed by atoms with Crippen LogP contribution in [0.3, 0.4) is 0 Å². The summed E-state index contributed by atoms with van der Waals surface area (Å²) in [6, 6.07) is 5.11. The zero-order chi connectivity index (χ0) is 21.4. The first-order valence-electron chi connectivity index (χ1n) is 9.40. The number of ether oxygens (including phenoxy) is 2. The van der Waals surface area contributed by atoms with Crippen molar-refractivity contribution in [3.63, 3.8) is 0 Å². The van der Waals surface area contributed by atoms with Crippen LogP contribution in [0.5, 0.6) is 5.75 Å². The maximum Gasteiger partial charge on any atom is 0.335 e. The molecule has 0 fully saturated rings. The number of carbonyl (C=O) groups is 2. The molecule has 0 heterocycles. The highest BCUT2D eigenvalue weighted by atomic mass is 28.4. The monoisotopic (exact) mass is 410 g/mol. The van der Waals surface area contributed by atoms with Crippen LogP contribution in [0.1, 0.15) is 34.1 Å². The number of esters is 2. The summed E-state index contributed by atoms with van der Waals surface area (Å²) < 4.78 is 29.1. The molecule has 28 heavy (non-hydrogen) atoms. The first-order chi connectivity index (χ1) is 13.0. The van der Waals surface area contributed by atoms with Crippen molar-refractivity contribution in [3.8, 4) is 5.75 Å². The third kappa shape index (κ3) is 7.94. The summed E-state index contributed by atoms with van der Waals surface area (Å²) in [6.07, 6.45) is 3.19. The van der Waals surface area contributed by atoms with Gasteiger partial charge in [-0.15, -0.1) is 0 Å². The average molecular weight is 411 g/mol. The number of hydrogen-bond acceptors (Lipinski definition) is 5. The van der Waals surface area contributed by atoms with Gasteiger partial charge in [0, 0.05) is 12.7 Å². The van der Waals surface area contributed by atoms with Crippen molar-refractivity contribution >= 4 is 20.3 Å². The predicted molar refractivity (Wildman–Crippen MR) is 109 cm³/mol. The first kappa shape index (κ1) is 24.0. The van der Waals surface area contributed by atoms with Gasteiger partial charge in [0.15, 0.2) is 8.32 Å². The van der Waals surface area contributed by atoms with E-state index in [0.29, 0.717) is 13.0 Å². The zero-order valence-electron chi connectivity index (χ0n) is 17.6. The number of carbonyl (C=O) groups excluding carboxylic acids is 2. The molecule has 0 radical (unpaired) electrons. The van der Waals surface area contributed by atoms with E-state index in [1.54, 1.807) is 0 Å². The fourth-order valence-corrected chi connectivity index (χ4v) is 2.97. The molecule has 7 heteroatoms. The van der Waals surface area contributed by atoms with E-state index in [-0.39, 0.29) is 29.3 Å². The second-order valence-corrected chi connectivity index (χ2v) is 12.9. The highest BCUT2D eigenvalue weighted by molar-refractivity contribution is 6.74. The molecule has 0 N–H and O–H groups in total. The van der Waals surface area contributed by atoms with Gasteiger partial charge in [0.05, 0.1) is 5.92 Å². The van der Waals surface area contributed by atoms with Gasteiger partial charge in [0.2, 0.25) is 0 Å². The van der Waals surface area contributed by atoms with Gasteiger partial charge in [-0.3, -0.25) is 4.79 Å². The molecule has 1 aromatic rings. The van der Waals surface area contributed by atoms with E-state index in [9.17, 15) is 14.0 Å². The molecule has 0 bridgehead atoms. The van der Waals surface area contributed by atoms with Crippen LogP contribution in [0.2, 0.25) is 18.1 Å². The van der Waals surface area contributed by atoms with Gasteiger partial charge < -0.3 is 13.9 Å². The van der Waals surface area contributed by atoms with Crippen molar-refractivity contribution in [1.29, 1.82) is 0 Å². The molecule has 156 valence electrons. The molecule has 1 rings (SSSR count). The van der Waals surface area contributed by atoms with E-state index in [1.807, 2.05) is 6.92 Å². The summed E-state index contributed by atoms with van der Waals surface area (Å²) >= 11 is 0. The van der Waals surface area contributed by atoms with E-state index < -0.39 is 20.1 Å². The lowest BCUT2D eigenvalue weighted by molar-refractivity contribution is -0.148. The highest BCUT2D eigenvalue weighted by Gasteiger charge is 2.38. The Labute approximate surface area is 168 Å². The number of benzene rings is 1. The van der Waals surface area contributed by atoms with Gasteiger partial charge >= 0.3 is 11.9 Å². The number of halogens is 1. The summed E-state index contributed by atoms with van der Waals surface area (Å²) in [4.78, 5) is 23.9. The van der Waals surface area contributed by atoms with E-state index in [0.717, 1.165) is 0 Å². The van der Waals surface area contributed by atoms with E-state index in [4.69, 9.17) is 13.9 Å². The molecule has 0 unspecified atom stereocenters. The summed E-state index contributed by atoms with van der Waals surface area (Å²) in [7, 11) is -1.93. The van der Waals surface area contributed by atoms with Crippen LogP contribution >= 0.6 is 0 Å². The lowest BCUT2D eigenvalue weighted by Crippen LogP contribution is -2.42. The molecular formula is C21H31FO5Si. The van der Waals surface area contributed by atoms with Crippen LogP contribution in [0.15, 0.2) is 36.4 Å². The van der Waals surface area contributed by atoms with Crippen LogP contribution in [-0.4, -0.2) is 33.5 Å². The van der Waals surface area contributed by atoms with E-state index in [1.165, 1.54) is 36.4 Å². The Hall–Kier alpha value is -1.99. The maximum atomic E-state index is 12.8. The highest BCUT2D eigenvalue weighted by Crippen LogP contribution is 2.36. The normalized spacial score (nSPS) is 13.4. The van der Waals surface area contributed by atoms with Crippen molar-refractivity contribution < 1.29 is 27.9 Å². The molecule has 0 aromatic heterocycles. The van der Waals surface area contributed by atoms with Gasteiger partial charge in [0.1, 0.15) is 18.2 Å². The molecule has 0 aliphatic heterocycles. The molecule has 1 atom stereocenters. The van der Waals surface area contributed by atoms with Crippen LogP contribution in [0.25, 0.3) is 0 Å². The Bertz CT molecular complexity index is 677. The Morgan fingerprint density at radius 2 is 1.79 bits per heavy atom. The van der Waals surface area contributed by atoms with Crippen molar-refractivity contribution in [1.82, 2.24) is 0 Å². The molecular weight excluding hydrogens is 379 g/mol. The van der Waals surface area contributed by atoms with Crippen molar-refractivity contribution in [3.05, 3.63) is 42.2 Å². The van der Waals surface area contributed by atoms with E-state index >= 15 is 0 Å². The second kappa shape index (κ2) is 10.5. The van der Waals surface area contributed by atoms with Crippen LogP contribution in [0.4, 0.5) is 4.39 Å². The number of hydrogen-bond donors (Lipinski definition) is 0. The Morgan fingerprint density at radius 1 is 1.18 bits per heavy atom. The van der Waals surface area contributed by atoms with Crippen molar-refractivity contribution in [2.45, 2.75) is 52.2 Å². The second-order valence-electron chi connectivity index (χ2n) is 8.08. The molecule has 1 aromatic carbocycles. The molecule has 0 spiro atoms. The lowest BCUT2D eigenvalue weighted by atomic mass is 10.1. The average Bonchev–Trinajstić information content (AvgIpc) is 2.60. The SMILES string of the molecule is CC[C@H](CO[Si](C)(C)C(C)(C)C)C(=O)OC/C=C/C(=O)Oc1ccc(F)cc1. The zero-order valence-corrected chi connectivity index (χ0v) is 18.6.